The molecule has 2 amide bonds. The number of urea groups is 1. The van der Waals surface area contributed by atoms with Crippen LogP contribution in [0.3, 0.4) is 0 Å². The second-order valence-corrected chi connectivity index (χ2v) is 5.19. The fourth-order valence-corrected chi connectivity index (χ4v) is 2.74. The molecule has 0 radical (unpaired) electrons. The average molecular weight is 285 g/mol. The van der Waals surface area contributed by atoms with Gasteiger partial charge in [-0.15, -0.1) is 0 Å². The molecular weight excluding hydrogens is 266 g/mol. The molecule has 1 aliphatic rings. The van der Waals surface area contributed by atoms with Gasteiger partial charge in [0.1, 0.15) is 5.52 Å². The Hall–Kier alpha value is -2.37. The number of carbonyl (C=O) groups is 1. The summed E-state index contributed by atoms with van der Waals surface area (Å²) in [6.07, 6.45) is 5.50. The van der Waals surface area contributed by atoms with Gasteiger partial charge in [0.25, 0.3) is 0 Å². The van der Waals surface area contributed by atoms with Gasteiger partial charge in [-0.25, -0.2) is 4.79 Å². The molecule has 110 valence electrons. The normalized spacial score (nSPS) is 16.0. The van der Waals surface area contributed by atoms with Crippen molar-refractivity contribution in [3.05, 3.63) is 30.6 Å². The van der Waals surface area contributed by atoms with Gasteiger partial charge in [0.2, 0.25) is 0 Å². The molecule has 21 heavy (non-hydrogen) atoms. The van der Waals surface area contributed by atoms with Crippen molar-refractivity contribution in [2.45, 2.75) is 18.9 Å². The zero-order valence-corrected chi connectivity index (χ0v) is 12.0. The number of aromatic nitrogens is 2. The topological polar surface area (TPSA) is 70.2 Å². The van der Waals surface area contributed by atoms with E-state index in [4.69, 9.17) is 0 Å². The number of nitrogens with zero attached hydrogens (tertiary/aromatic N) is 3. The van der Waals surface area contributed by atoms with E-state index >= 15 is 0 Å². The Kier molecular flexibility index (Phi) is 3.85. The Morgan fingerprint density at radius 1 is 1.24 bits per heavy atom. The fraction of sp³-hybridized carbons (Fsp3) is 0.400. The highest BCUT2D eigenvalue weighted by atomic mass is 16.2. The van der Waals surface area contributed by atoms with Crippen molar-refractivity contribution in [3.63, 3.8) is 0 Å². The lowest BCUT2D eigenvalue weighted by Gasteiger charge is -2.34. The molecule has 0 aromatic carbocycles. The molecule has 6 nitrogen and oxygen atoms in total. The molecule has 0 unspecified atom stereocenters. The minimum absolute atomic E-state index is 0.107. The average Bonchev–Trinajstić information content (AvgIpc) is 2.55. The van der Waals surface area contributed by atoms with Gasteiger partial charge < -0.3 is 15.5 Å². The summed E-state index contributed by atoms with van der Waals surface area (Å²) in [5, 5.41) is 5.57. The third kappa shape index (κ3) is 2.89. The predicted molar refractivity (Wildman–Crippen MR) is 82.4 cm³/mol. The third-order valence-electron chi connectivity index (χ3n) is 3.87. The number of nitrogens with one attached hydrogen (secondary N) is 2. The van der Waals surface area contributed by atoms with Crippen LogP contribution in [0, 0.1) is 0 Å². The van der Waals surface area contributed by atoms with E-state index in [1.54, 1.807) is 13.2 Å². The van der Waals surface area contributed by atoms with Crippen LogP contribution in [0.4, 0.5) is 10.5 Å². The lowest BCUT2D eigenvalue weighted by atomic mass is 10.0. The molecule has 3 heterocycles. The van der Waals surface area contributed by atoms with Crippen LogP contribution in [0.1, 0.15) is 12.8 Å². The third-order valence-corrected chi connectivity index (χ3v) is 3.87. The summed E-state index contributed by atoms with van der Waals surface area (Å²) in [6, 6.07) is 6.03. The maximum absolute atomic E-state index is 11.4. The summed E-state index contributed by atoms with van der Waals surface area (Å²) >= 11 is 0. The van der Waals surface area contributed by atoms with Crippen LogP contribution in [0.2, 0.25) is 0 Å². The summed E-state index contributed by atoms with van der Waals surface area (Å²) in [5.41, 5.74) is 2.98. The smallest absolute Gasteiger partial charge is 0.314 e. The van der Waals surface area contributed by atoms with Crippen molar-refractivity contribution < 1.29 is 4.79 Å². The van der Waals surface area contributed by atoms with Crippen molar-refractivity contribution in [1.29, 1.82) is 0 Å². The fourth-order valence-electron chi connectivity index (χ4n) is 2.74. The van der Waals surface area contributed by atoms with Crippen molar-refractivity contribution in [2.24, 2.45) is 0 Å². The van der Waals surface area contributed by atoms with Gasteiger partial charge in [0.15, 0.2) is 0 Å². The first-order valence-corrected chi connectivity index (χ1v) is 7.21. The predicted octanol–water partition coefficient (Wildman–Crippen LogP) is 1.53. The molecule has 0 aliphatic carbocycles. The van der Waals surface area contributed by atoms with Gasteiger partial charge in [-0.1, -0.05) is 0 Å². The Labute approximate surface area is 123 Å². The standard InChI is InChI=1S/C15H19N5O/c1-16-15(21)19-11-5-9-20(10-6-11)13-4-8-17-12-3-2-7-18-14(12)13/h2-4,7-8,11H,5-6,9-10H2,1H3,(H2,16,19,21). The largest absolute Gasteiger partial charge is 0.370 e. The molecule has 0 spiro atoms. The van der Waals surface area contributed by atoms with Crippen LogP contribution < -0.4 is 15.5 Å². The quantitative estimate of drug-likeness (QED) is 0.878. The minimum Gasteiger partial charge on any atom is -0.370 e. The number of amides is 2. The molecule has 0 atom stereocenters. The molecule has 1 aliphatic heterocycles. The number of hydrogen-bond acceptors (Lipinski definition) is 4. The Balaban J connectivity index is 1.73. The van der Waals surface area contributed by atoms with Gasteiger partial charge in [0.05, 0.1) is 11.2 Å². The Morgan fingerprint density at radius 3 is 2.81 bits per heavy atom. The minimum atomic E-state index is -0.107. The second-order valence-electron chi connectivity index (χ2n) is 5.19. The highest BCUT2D eigenvalue weighted by Gasteiger charge is 2.21. The molecule has 0 bridgehead atoms. The van der Waals surface area contributed by atoms with Crippen LogP contribution in [0.15, 0.2) is 30.6 Å². The number of pyridine rings is 2. The van der Waals surface area contributed by atoms with E-state index < -0.39 is 0 Å². The van der Waals surface area contributed by atoms with Crippen LogP contribution in [0.5, 0.6) is 0 Å². The lowest BCUT2D eigenvalue weighted by Crippen LogP contribution is -2.47. The maximum atomic E-state index is 11.4. The molecule has 3 rings (SSSR count). The van der Waals surface area contributed by atoms with Crippen molar-refractivity contribution in [3.8, 4) is 0 Å². The summed E-state index contributed by atoms with van der Waals surface area (Å²) < 4.78 is 0. The summed E-state index contributed by atoms with van der Waals surface area (Å²) in [7, 11) is 1.64. The summed E-state index contributed by atoms with van der Waals surface area (Å²) in [5.74, 6) is 0. The molecule has 6 heteroatoms. The first kappa shape index (κ1) is 13.6. The highest BCUT2D eigenvalue weighted by Crippen LogP contribution is 2.25. The van der Waals surface area contributed by atoms with Gasteiger partial charge in [-0.2, -0.15) is 0 Å². The van der Waals surface area contributed by atoms with Gasteiger partial charge in [-0.3, -0.25) is 9.97 Å². The van der Waals surface area contributed by atoms with Gasteiger partial charge in [0, 0.05) is 38.6 Å². The molecule has 2 aromatic rings. The van der Waals surface area contributed by atoms with E-state index in [1.807, 2.05) is 24.4 Å². The van der Waals surface area contributed by atoms with E-state index in [0.717, 1.165) is 42.7 Å². The van der Waals surface area contributed by atoms with Crippen molar-refractivity contribution >= 4 is 22.8 Å². The zero-order chi connectivity index (χ0) is 14.7. The van der Waals surface area contributed by atoms with E-state index in [1.165, 1.54) is 0 Å². The van der Waals surface area contributed by atoms with Crippen LogP contribution in [-0.4, -0.2) is 42.2 Å². The molecule has 1 fully saturated rings. The number of rotatable bonds is 2. The van der Waals surface area contributed by atoms with E-state index in [2.05, 4.69) is 25.5 Å². The molecular formula is C15H19N5O. The highest BCUT2D eigenvalue weighted by molar-refractivity contribution is 5.87. The summed E-state index contributed by atoms with van der Waals surface area (Å²) in [4.78, 5) is 22.5. The van der Waals surface area contributed by atoms with Crippen molar-refractivity contribution in [1.82, 2.24) is 20.6 Å². The Morgan fingerprint density at radius 2 is 2.05 bits per heavy atom. The van der Waals surface area contributed by atoms with E-state index in [0.29, 0.717) is 0 Å². The first-order chi connectivity index (χ1) is 10.3. The molecule has 2 aromatic heterocycles. The van der Waals surface area contributed by atoms with Crippen LogP contribution in [0.25, 0.3) is 11.0 Å². The zero-order valence-electron chi connectivity index (χ0n) is 12.0. The number of piperidine rings is 1. The Bertz CT molecular complexity index is 632. The number of anilines is 1. The number of fused-ring (bicyclic) bond motifs is 1. The maximum Gasteiger partial charge on any atom is 0.314 e. The van der Waals surface area contributed by atoms with Crippen molar-refractivity contribution in [2.75, 3.05) is 25.0 Å². The molecule has 0 saturated carbocycles. The van der Waals surface area contributed by atoms with E-state index in [9.17, 15) is 4.79 Å². The lowest BCUT2D eigenvalue weighted by molar-refractivity contribution is 0.236. The van der Waals surface area contributed by atoms with Crippen LogP contribution >= 0.6 is 0 Å². The van der Waals surface area contributed by atoms with Crippen LogP contribution in [-0.2, 0) is 0 Å². The summed E-state index contributed by atoms with van der Waals surface area (Å²) in [6.45, 7) is 1.81. The number of hydrogen-bond donors (Lipinski definition) is 2. The molecule has 1 saturated heterocycles. The number of carbonyl (C=O) groups excluding carboxylic acids is 1. The van der Waals surface area contributed by atoms with E-state index in [-0.39, 0.29) is 12.1 Å². The molecule has 2 N–H and O–H groups in total. The van der Waals surface area contributed by atoms with Gasteiger partial charge >= 0.3 is 6.03 Å². The first-order valence-electron chi connectivity index (χ1n) is 7.21. The monoisotopic (exact) mass is 285 g/mol. The SMILES string of the molecule is CNC(=O)NC1CCN(c2ccnc3cccnc23)CC1. The van der Waals surface area contributed by atoms with Gasteiger partial charge in [-0.05, 0) is 31.0 Å². The second kappa shape index (κ2) is 5.95.